The Hall–Kier alpha value is -0.880. The molecule has 0 spiro atoms. The maximum Gasteiger partial charge on any atom is 0.138 e. The summed E-state index contributed by atoms with van der Waals surface area (Å²) in [7, 11) is 0. The number of aromatic nitrogens is 2. The number of rotatable bonds is 3. The lowest BCUT2D eigenvalue weighted by atomic mass is 10.3. The molecule has 0 aliphatic carbocycles. The van der Waals surface area contributed by atoms with Crippen molar-refractivity contribution in [3.63, 3.8) is 0 Å². The number of benzene rings is 1. The maximum atomic E-state index is 6.11. The lowest BCUT2D eigenvalue weighted by molar-refractivity contribution is 0.934. The van der Waals surface area contributed by atoms with E-state index in [4.69, 9.17) is 11.6 Å². The zero-order valence-corrected chi connectivity index (χ0v) is 13.1. The first-order valence-corrected chi connectivity index (χ1v) is 7.12. The molecule has 2 rings (SSSR count). The largest absolute Gasteiger partial charge is 0.339 e. The molecule has 0 aliphatic heterocycles. The third-order valence-corrected chi connectivity index (χ3v) is 3.88. The molecule has 1 aromatic heterocycles. The summed E-state index contributed by atoms with van der Waals surface area (Å²) in [4.78, 5) is 8.71. The smallest absolute Gasteiger partial charge is 0.138 e. The van der Waals surface area contributed by atoms with Gasteiger partial charge in [0.15, 0.2) is 0 Å². The first-order chi connectivity index (χ1) is 8.61. The first-order valence-electron chi connectivity index (χ1n) is 5.66. The molecular formula is C13H13ClIN3. The van der Waals surface area contributed by atoms with Crippen molar-refractivity contribution in [2.75, 3.05) is 5.32 Å². The Morgan fingerprint density at radius 2 is 2.00 bits per heavy atom. The zero-order chi connectivity index (χ0) is 13.1. The summed E-state index contributed by atoms with van der Waals surface area (Å²) in [5.74, 6) is 1.52. The van der Waals surface area contributed by atoms with Crippen LogP contribution in [0.5, 0.6) is 0 Å². The molecule has 0 aliphatic rings. The van der Waals surface area contributed by atoms with E-state index in [9.17, 15) is 0 Å². The SMILES string of the molecule is CCc1nc(Cl)c(C)c(Nc2ccccc2I)n1. The number of nitrogens with zero attached hydrogens (tertiary/aromatic N) is 2. The molecule has 0 unspecified atom stereocenters. The lowest BCUT2D eigenvalue weighted by Crippen LogP contribution is -2.03. The topological polar surface area (TPSA) is 37.8 Å². The van der Waals surface area contributed by atoms with Crippen LogP contribution in [0.15, 0.2) is 24.3 Å². The van der Waals surface area contributed by atoms with Gasteiger partial charge >= 0.3 is 0 Å². The number of halogens is 2. The number of anilines is 2. The lowest BCUT2D eigenvalue weighted by Gasteiger charge is -2.12. The standard InChI is InChI=1S/C13H13ClIN3/c1-3-11-17-12(14)8(2)13(18-11)16-10-7-5-4-6-9(10)15/h4-7H,3H2,1-2H3,(H,16,17,18). The monoisotopic (exact) mass is 373 g/mol. The van der Waals surface area contributed by atoms with Crippen molar-refractivity contribution in [1.29, 1.82) is 0 Å². The molecule has 1 N–H and O–H groups in total. The van der Waals surface area contributed by atoms with Crippen molar-refractivity contribution in [1.82, 2.24) is 9.97 Å². The number of hydrogen-bond acceptors (Lipinski definition) is 3. The van der Waals surface area contributed by atoms with Gasteiger partial charge in [-0.3, -0.25) is 0 Å². The van der Waals surface area contributed by atoms with Crippen molar-refractivity contribution in [2.24, 2.45) is 0 Å². The second-order valence-electron chi connectivity index (χ2n) is 3.86. The molecule has 0 atom stereocenters. The van der Waals surface area contributed by atoms with Gasteiger partial charge in [-0.05, 0) is 41.6 Å². The number of hydrogen-bond donors (Lipinski definition) is 1. The van der Waals surface area contributed by atoms with E-state index < -0.39 is 0 Å². The first kappa shape index (κ1) is 13.5. The van der Waals surface area contributed by atoms with Gasteiger partial charge in [0.2, 0.25) is 0 Å². The van der Waals surface area contributed by atoms with Crippen LogP contribution < -0.4 is 5.32 Å². The van der Waals surface area contributed by atoms with Gasteiger partial charge in [0.25, 0.3) is 0 Å². The van der Waals surface area contributed by atoms with E-state index in [1.807, 2.05) is 38.1 Å². The Kier molecular flexibility index (Phi) is 4.40. The van der Waals surface area contributed by atoms with Crippen LogP contribution in [0.1, 0.15) is 18.3 Å². The Labute approximate surface area is 125 Å². The van der Waals surface area contributed by atoms with Crippen LogP contribution in [0, 0.1) is 10.5 Å². The van der Waals surface area contributed by atoms with Gasteiger partial charge in [-0.2, -0.15) is 0 Å². The van der Waals surface area contributed by atoms with Gasteiger partial charge in [0.05, 0.1) is 5.69 Å². The molecule has 1 aromatic carbocycles. The summed E-state index contributed by atoms with van der Waals surface area (Å²) in [6, 6.07) is 8.05. The van der Waals surface area contributed by atoms with Crippen LogP contribution in [0.25, 0.3) is 0 Å². The fraction of sp³-hybridized carbons (Fsp3) is 0.231. The molecular weight excluding hydrogens is 361 g/mol. The van der Waals surface area contributed by atoms with Crippen molar-refractivity contribution in [2.45, 2.75) is 20.3 Å². The highest BCUT2D eigenvalue weighted by atomic mass is 127. The van der Waals surface area contributed by atoms with Crippen LogP contribution in [0.3, 0.4) is 0 Å². The normalized spacial score (nSPS) is 10.4. The van der Waals surface area contributed by atoms with Crippen molar-refractivity contribution < 1.29 is 0 Å². The fourth-order valence-electron chi connectivity index (χ4n) is 1.50. The molecule has 94 valence electrons. The van der Waals surface area contributed by atoms with E-state index in [0.29, 0.717) is 5.15 Å². The second kappa shape index (κ2) is 5.84. The van der Waals surface area contributed by atoms with Gasteiger partial charge in [0, 0.05) is 15.6 Å². The molecule has 18 heavy (non-hydrogen) atoms. The van der Waals surface area contributed by atoms with Gasteiger partial charge in [-0.25, -0.2) is 9.97 Å². The summed E-state index contributed by atoms with van der Waals surface area (Å²) >= 11 is 8.40. The van der Waals surface area contributed by atoms with Gasteiger partial charge in [-0.1, -0.05) is 30.7 Å². The van der Waals surface area contributed by atoms with Crippen molar-refractivity contribution >= 4 is 45.7 Å². The highest BCUT2D eigenvalue weighted by Crippen LogP contribution is 2.26. The highest BCUT2D eigenvalue weighted by molar-refractivity contribution is 14.1. The Morgan fingerprint density at radius 1 is 1.28 bits per heavy atom. The number of aryl methyl sites for hydroxylation is 1. The van der Waals surface area contributed by atoms with E-state index in [1.54, 1.807) is 0 Å². The maximum absolute atomic E-state index is 6.11. The molecule has 0 amide bonds. The Morgan fingerprint density at radius 3 is 2.67 bits per heavy atom. The summed E-state index contributed by atoms with van der Waals surface area (Å²) in [6.45, 7) is 3.93. The van der Waals surface area contributed by atoms with Gasteiger partial charge in [0.1, 0.15) is 16.8 Å². The average molecular weight is 374 g/mol. The second-order valence-corrected chi connectivity index (χ2v) is 5.38. The van der Waals surface area contributed by atoms with E-state index >= 15 is 0 Å². The van der Waals surface area contributed by atoms with Gasteiger partial charge < -0.3 is 5.32 Å². The minimum atomic E-state index is 0.510. The van der Waals surface area contributed by atoms with Gasteiger partial charge in [-0.15, -0.1) is 0 Å². The molecule has 0 saturated heterocycles. The Bertz CT molecular complexity index is 572. The molecule has 0 fully saturated rings. The summed E-state index contributed by atoms with van der Waals surface area (Å²) in [5, 5.41) is 3.82. The third kappa shape index (κ3) is 2.92. The van der Waals surface area contributed by atoms with Crippen LogP contribution in [-0.2, 0) is 6.42 Å². The fourth-order valence-corrected chi connectivity index (χ4v) is 2.21. The molecule has 1 heterocycles. The van der Waals surface area contributed by atoms with E-state index in [2.05, 4.69) is 37.9 Å². The minimum Gasteiger partial charge on any atom is -0.339 e. The molecule has 5 heteroatoms. The zero-order valence-electron chi connectivity index (χ0n) is 10.2. The third-order valence-electron chi connectivity index (χ3n) is 2.58. The molecule has 0 saturated carbocycles. The number of nitrogens with one attached hydrogen (secondary N) is 1. The van der Waals surface area contributed by atoms with Crippen molar-refractivity contribution in [3.05, 3.63) is 44.4 Å². The Balaban J connectivity index is 2.40. The van der Waals surface area contributed by atoms with Crippen molar-refractivity contribution in [3.8, 4) is 0 Å². The van der Waals surface area contributed by atoms with E-state index in [1.165, 1.54) is 0 Å². The van der Waals surface area contributed by atoms with Crippen LogP contribution in [0.2, 0.25) is 5.15 Å². The van der Waals surface area contributed by atoms with E-state index in [-0.39, 0.29) is 0 Å². The van der Waals surface area contributed by atoms with Crippen LogP contribution >= 0.6 is 34.2 Å². The molecule has 0 bridgehead atoms. The minimum absolute atomic E-state index is 0.510. The quantitative estimate of drug-likeness (QED) is 0.642. The molecule has 0 radical (unpaired) electrons. The highest BCUT2D eigenvalue weighted by Gasteiger charge is 2.09. The molecule has 3 nitrogen and oxygen atoms in total. The predicted octanol–water partition coefficient (Wildman–Crippen LogP) is 4.35. The summed E-state index contributed by atoms with van der Waals surface area (Å²) < 4.78 is 1.14. The summed E-state index contributed by atoms with van der Waals surface area (Å²) in [5.41, 5.74) is 1.89. The van der Waals surface area contributed by atoms with Crippen LogP contribution in [0.4, 0.5) is 11.5 Å². The molecule has 2 aromatic rings. The number of para-hydroxylation sites is 1. The van der Waals surface area contributed by atoms with E-state index in [0.717, 1.165) is 32.9 Å². The summed E-state index contributed by atoms with van der Waals surface area (Å²) in [6.07, 6.45) is 0.764. The average Bonchev–Trinajstić information content (AvgIpc) is 2.37. The predicted molar refractivity (Wildman–Crippen MR) is 83.6 cm³/mol. The van der Waals surface area contributed by atoms with Crippen LogP contribution in [-0.4, -0.2) is 9.97 Å².